The van der Waals surface area contributed by atoms with Crippen LogP contribution in [-0.2, 0) is 6.54 Å². The number of imidazole rings is 1. The van der Waals surface area contributed by atoms with Crippen LogP contribution in [0.15, 0.2) is 41.3 Å². The molecule has 0 radical (unpaired) electrons. The number of hydrogen-bond acceptors (Lipinski definition) is 5. The summed E-state index contributed by atoms with van der Waals surface area (Å²) < 4.78 is 17.1. The first-order valence-corrected chi connectivity index (χ1v) is 10.5. The normalized spacial score (nSPS) is 15.3. The highest BCUT2D eigenvalue weighted by atomic mass is 19.1. The lowest BCUT2D eigenvalue weighted by Crippen LogP contribution is -2.44. The second-order valence-electron chi connectivity index (χ2n) is 8.13. The number of nitrogen functional groups attached to an aromatic ring is 1. The molecule has 0 saturated carbocycles. The Morgan fingerprint density at radius 1 is 1.16 bits per heavy atom. The Morgan fingerprint density at radius 3 is 2.68 bits per heavy atom. The second kappa shape index (κ2) is 7.39. The molecule has 7 nitrogen and oxygen atoms in total. The van der Waals surface area contributed by atoms with Gasteiger partial charge in [-0.25, -0.2) is 9.37 Å². The molecule has 2 aromatic carbocycles. The van der Waals surface area contributed by atoms with Crippen molar-refractivity contribution >= 4 is 33.3 Å². The molecule has 2 aromatic heterocycles. The van der Waals surface area contributed by atoms with Gasteiger partial charge in [0, 0.05) is 50.0 Å². The predicted molar refractivity (Wildman–Crippen MR) is 123 cm³/mol. The van der Waals surface area contributed by atoms with E-state index >= 15 is 4.39 Å². The largest absolute Gasteiger partial charge is 0.399 e. The number of aromatic nitrogens is 3. The first-order valence-electron chi connectivity index (χ1n) is 10.5. The quantitative estimate of drug-likeness (QED) is 0.498. The number of likely N-dealkylation sites (N-methyl/N-ethyl adjacent to an activating group) is 1. The summed E-state index contributed by atoms with van der Waals surface area (Å²) in [5, 5.41) is 0.356. The Balaban J connectivity index is 1.67. The van der Waals surface area contributed by atoms with Gasteiger partial charge in [0.05, 0.1) is 27.8 Å². The molecule has 1 saturated heterocycles. The SMILES string of the molecule is CCn1cc(-c2nc3ccc(N)cc3[nH]2)c(=O)c2cc(F)c(N3CCN(C)CC3)cc21. The summed E-state index contributed by atoms with van der Waals surface area (Å²) in [6.45, 7) is 5.93. The van der Waals surface area contributed by atoms with Crippen LogP contribution in [0.2, 0.25) is 0 Å². The number of aryl methyl sites for hydroxylation is 1. The number of nitrogens with two attached hydrogens (primary N) is 1. The summed E-state index contributed by atoms with van der Waals surface area (Å²) in [5.41, 5.74) is 9.41. The molecule has 4 aromatic rings. The fraction of sp³-hybridized carbons (Fsp3) is 0.304. The van der Waals surface area contributed by atoms with Gasteiger partial charge in [0.1, 0.15) is 11.6 Å². The Bertz CT molecular complexity index is 1350. The van der Waals surface area contributed by atoms with Gasteiger partial charge in [-0.3, -0.25) is 4.79 Å². The minimum absolute atomic E-state index is 0.240. The lowest BCUT2D eigenvalue weighted by atomic mass is 10.1. The summed E-state index contributed by atoms with van der Waals surface area (Å²) in [6, 6.07) is 8.55. The minimum Gasteiger partial charge on any atom is -0.399 e. The summed E-state index contributed by atoms with van der Waals surface area (Å²) in [7, 11) is 2.07. The van der Waals surface area contributed by atoms with Gasteiger partial charge in [0.15, 0.2) is 5.43 Å². The van der Waals surface area contributed by atoms with Gasteiger partial charge in [0.2, 0.25) is 0 Å². The molecular formula is C23H25FN6O. The number of benzene rings is 2. The van der Waals surface area contributed by atoms with E-state index in [4.69, 9.17) is 5.73 Å². The van der Waals surface area contributed by atoms with E-state index in [2.05, 4.69) is 26.8 Å². The van der Waals surface area contributed by atoms with Crippen molar-refractivity contribution in [2.24, 2.45) is 0 Å². The van der Waals surface area contributed by atoms with Crippen molar-refractivity contribution in [3.05, 3.63) is 52.6 Å². The standard InChI is InChI=1S/C23H25FN6O/c1-3-29-13-16(23-26-18-5-4-14(25)10-19(18)27-23)22(31)15-11-17(24)21(12-20(15)29)30-8-6-28(2)7-9-30/h4-5,10-13H,3,6-9,25H2,1-2H3,(H,26,27). The first-order chi connectivity index (χ1) is 14.9. The number of anilines is 2. The van der Waals surface area contributed by atoms with Crippen molar-refractivity contribution in [2.45, 2.75) is 13.5 Å². The maximum Gasteiger partial charge on any atom is 0.200 e. The summed E-state index contributed by atoms with van der Waals surface area (Å²) in [4.78, 5) is 25.4. The molecule has 160 valence electrons. The van der Waals surface area contributed by atoms with Gasteiger partial charge in [-0.05, 0) is 44.3 Å². The maximum absolute atomic E-state index is 15.1. The Hall–Kier alpha value is -3.39. The molecule has 31 heavy (non-hydrogen) atoms. The summed E-state index contributed by atoms with van der Waals surface area (Å²) >= 11 is 0. The van der Waals surface area contributed by atoms with Crippen LogP contribution in [0.1, 0.15) is 6.92 Å². The minimum atomic E-state index is -0.369. The zero-order valence-corrected chi connectivity index (χ0v) is 17.7. The molecule has 5 rings (SSSR count). The molecule has 0 atom stereocenters. The highest BCUT2D eigenvalue weighted by Crippen LogP contribution is 2.28. The number of aromatic amines is 1. The molecule has 0 amide bonds. The van der Waals surface area contributed by atoms with Crippen molar-refractivity contribution in [2.75, 3.05) is 43.9 Å². The van der Waals surface area contributed by atoms with Gasteiger partial charge < -0.3 is 25.1 Å². The third kappa shape index (κ3) is 3.33. The lowest BCUT2D eigenvalue weighted by Gasteiger charge is -2.34. The monoisotopic (exact) mass is 420 g/mol. The molecule has 0 unspecified atom stereocenters. The van der Waals surface area contributed by atoms with Crippen LogP contribution >= 0.6 is 0 Å². The zero-order chi connectivity index (χ0) is 21.7. The smallest absolute Gasteiger partial charge is 0.200 e. The molecule has 0 aliphatic carbocycles. The van der Waals surface area contributed by atoms with E-state index in [0.717, 1.165) is 42.7 Å². The number of H-pyrrole nitrogens is 1. The van der Waals surface area contributed by atoms with Crippen molar-refractivity contribution in [3.8, 4) is 11.4 Å². The topological polar surface area (TPSA) is 83.2 Å². The van der Waals surface area contributed by atoms with Crippen molar-refractivity contribution in [1.82, 2.24) is 19.4 Å². The second-order valence-corrected chi connectivity index (χ2v) is 8.13. The number of nitrogens with zero attached hydrogens (tertiary/aromatic N) is 4. The number of nitrogens with one attached hydrogen (secondary N) is 1. The number of pyridine rings is 1. The number of rotatable bonds is 3. The van der Waals surface area contributed by atoms with Crippen LogP contribution in [0, 0.1) is 5.82 Å². The maximum atomic E-state index is 15.1. The Morgan fingerprint density at radius 2 is 1.94 bits per heavy atom. The third-order valence-corrected chi connectivity index (χ3v) is 6.09. The van der Waals surface area contributed by atoms with Crippen LogP contribution in [-0.4, -0.2) is 52.7 Å². The van der Waals surface area contributed by atoms with E-state index in [-0.39, 0.29) is 11.2 Å². The number of fused-ring (bicyclic) bond motifs is 2. The molecule has 3 heterocycles. The molecule has 1 fully saturated rings. The fourth-order valence-corrected chi connectivity index (χ4v) is 4.27. The molecule has 3 N–H and O–H groups in total. The van der Waals surface area contributed by atoms with Gasteiger partial charge in [-0.15, -0.1) is 0 Å². The van der Waals surface area contributed by atoms with Crippen LogP contribution in [0.5, 0.6) is 0 Å². The number of piperazine rings is 1. The lowest BCUT2D eigenvalue weighted by molar-refractivity contribution is 0.312. The van der Waals surface area contributed by atoms with E-state index in [0.29, 0.717) is 34.7 Å². The number of halogens is 1. The van der Waals surface area contributed by atoms with Crippen molar-refractivity contribution in [1.29, 1.82) is 0 Å². The predicted octanol–water partition coefficient (Wildman–Crippen LogP) is 3.04. The first kappa shape index (κ1) is 19.6. The summed E-state index contributed by atoms with van der Waals surface area (Å²) in [5.74, 6) is 0.0876. The molecule has 0 spiro atoms. The van der Waals surface area contributed by atoms with Gasteiger partial charge in [-0.1, -0.05) is 0 Å². The van der Waals surface area contributed by atoms with Crippen LogP contribution < -0.4 is 16.1 Å². The third-order valence-electron chi connectivity index (χ3n) is 6.09. The summed E-state index contributed by atoms with van der Waals surface area (Å²) in [6.07, 6.45) is 1.80. The number of hydrogen-bond donors (Lipinski definition) is 2. The highest BCUT2D eigenvalue weighted by molar-refractivity contribution is 5.88. The Kier molecular flexibility index (Phi) is 4.66. The molecule has 8 heteroatoms. The van der Waals surface area contributed by atoms with E-state index in [1.54, 1.807) is 18.3 Å². The van der Waals surface area contributed by atoms with E-state index in [1.807, 2.05) is 23.6 Å². The van der Waals surface area contributed by atoms with Crippen LogP contribution in [0.25, 0.3) is 33.3 Å². The van der Waals surface area contributed by atoms with Crippen molar-refractivity contribution < 1.29 is 4.39 Å². The molecule has 1 aliphatic heterocycles. The molecular weight excluding hydrogens is 395 g/mol. The molecule has 0 bridgehead atoms. The Labute approximate surface area is 178 Å². The van der Waals surface area contributed by atoms with Gasteiger partial charge in [-0.2, -0.15) is 0 Å². The van der Waals surface area contributed by atoms with Crippen LogP contribution in [0.4, 0.5) is 15.8 Å². The van der Waals surface area contributed by atoms with Gasteiger partial charge in [0.25, 0.3) is 0 Å². The zero-order valence-electron chi connectivity index (χ0n) is 17.7. The fourth-order valence-electron chi connectivity index (χ4n) is 4.27. The highest BCUT2D eigenvalue weighted by Gasteiger charge is 2.21. The average molecular weight is 420 g/mol. The van der Waals surface area contributed by atoms with E-state index in [1.165, 1.54) is 6.07 Å². The van der Waals surface area contributed by atoms with E-state index < -0.39 is 0 Å². The molecule has 1 aliphatic rings. The van der Waals surface area contributed by atoms with E-state index in [9.17, 15) is 4.79 Å². The van der Waals surface area contributed by atoms with Gasteiger partial charge >= 0.3 is 0 Å². The van der Waals surface area contributed by atoms with Crippen molar-refractivity contribution in [3.63, 3.8) is 0 Å². The van der Waals surface area contributed by atoms with Crippen LogP contribution in [0.3, 0.4) is 0 Å². The average Bonchev–Trinajstić information content (AvgIpc) is 3.17.